The van der Waals surface area contributed by atoms with Crippen molar-refractivity contribution in [1.82, 2.24) is 14.5 Å². The molecule has 3 aromatic rings. The van der Waals surface area contributed by atoms with Gasteiger partial charge in [0.1, 0.15) is 24.6 Å². The first-order valence-corrected chi connectivity index (χ1v) is 14.8. The van der Waals surface area contributed by atoms with Crippen LogP contribution in [0.15, 0.2) is 47.4 Å². The van der Waals surface area contributed by atoms with E-state index in [9.17, 15) is 28.8 Å². The van der Waals surface area contributed by atoms with Crippen molar-refractivity contribution in [2.45, 2.75) is 50.9 Å². The van der Waals surface area contributed by atoms with Gasteiger partial charge in [-0.05, 0) is 32.0 Å². The number of H-pyrrole nitrogens is 1. The van der Waals surface area contributed by atoms with Gasteiger partial charge in [0.05, 0.1) is 30.2 Å². The summed E-state index contributed by atoms with van der Waals surface area (Å²) in [6.45, 7) is 3.14. The van der Waals surface area contributed by atoms with Crippen molar-refractivity contribution in [1.29, 1.82) is 0 Å². The van der Waals surface area contributed by atoms with E-state index in [1.165, 1.54) is 23.8 Å². The van der Waals surface area contributed by atoms with E-state index in [4.69, 9.17) is 24.3 Å². The Balaban J connectivity index is 1.63. The summed E-state index contributed by atoms with van der Waals surface area (Å²) in [7, 11) is -4.12. The molecular formula is C27H32FN4O9P. The van der Waals surface area contributed by atoms with Crippen molar-refractivity contribution in [2.75, 3.05) is 25.2 Å². The summed E-state index contributed by atoms with van der Waals surface area (Å²) in [5.74, 6) is 2.88. The Labute approximate surface area is 240 Å². The van der Waals surface area contributed by atoms with Gasteiger partial charge in [0.15, 0.2) is 17.5 Å². The Morgan fingerprint density at radius 1 is 1.31 bits per heavy atom. The summed E-state index contributed by atoms with van der Waals surface area (Å²) >= 11 is 0. The van der Waals surface area contributed by atoms with Crippen LogP contribution in [0.1, 0.15) is 27.0 Å². The van der Waals surface area contributed by atoms with Gasteiger partial charge in [-0.15, -0.1) is 0 Å². The number of alkyl halides is 1. The molecule has 0 bridgehead atoms. The van der Waals surface area contributed by atoms with Gasteiger partial charge in [0, 0.05) is 6.20 Å². The molecule has 5 N–H and O–H groups in total. The average Bonchev–Trinajstić information content (AvgIpc) is 3.45. The smallest absolute Gasteiger partial charge is 0.380 e. The number of nitrogens with two attached hydrogens (primary N) is 1. The molecule has 6 atom stereocenters. The number of halogens is 1. The molecule has 42 heavy (non-hydrogen) atoms. The minimum Gasteiger partial charge on any atom is -0.463 e. The lowest BCUT2D eigenvalue weighted by Crippen LogP contribution is -2.46. The fourth-order valence-corrected chi connectivity index (χ4v) is 6.31. The first kappa shape index (κ1) is 31.2. The van der Waals surface area contributed by atoms with E-state index < -0.39 is 68.5 Å². The number of ether oxygens (including phenoxy) is 2. The highest BCUT2D eigenvalue weighted by Crippen LogP contribution is 2.51. The van der Waals surface area contributed by atoms with E-state index in [0.717, 1.165) is 0 Å². The second-order valence-electron chi connectivity index (χ2n) is 10.0. The number of carbonyl (C=O) groups is 1. The van der Waals surface area contributed by atoms with Crippen molar-refractivity contribution in [2.24, 2.45) is 5.92 Å². The number of hydrogen-bond donors (Lipinski definition) is 4. The molecule has 1 aromatic carbocycles. The Bertz CT molecular complexity index is 1580. The Morgan fingerprint density at radius 3 is 2.69 bits per heavy atom. The van der Waals surface area contributed by atoms with Crippen molar-refractivity contribution in [3.8, 4) is 17.6 Å². The quantitative estimate of drug-likeness (QED) is 0.150. The molecule has 226 valence electrons. The predicted molar refractivity (Wildman–Crippen MR) is 149 cm³/mol. The van der Waals surface area contributed by atoms with E-state index in [2.05, 4.69) is 21.8 Å². The number of nitrogens with one attached hydrogen (secondary N) is 1. The largest absolute Gasteiger partial charge is 0.463 e. The summed E-state index contributed by atoms with van der Waals surface area (Å²) in [6, 6.07) is 9.52. The number of aliphatic hydroxyl groups excluding tert-OH is 1. The highest BCUT2D eigenvalue weighted by molar-refractivity contribution is 7.54. The summed E-state index contributed by atoms with van der Waals surface area (Å²) in [4.78, 5) is 31.2. The minimum atomic E-state index is -4.12. The van der Waals surface area contributed by atoms with Crippen LogP contribution in [-0.4, -0.2) is 74.1 Å². The second-order valence-corrected chi connectivity index (χ2v) is 12.1. The van der Waals surface area contributed by atoms with E-state index in [1.807, 2.05) is 0 Å². The molecule has 1 saturated heterocycles. The topological polar surface area (TPSA) is 188 Å². The number of para-hydroxylation sites is 1. The molecule has 0 spiro atoms. The number of rotatable bonds is 10. The monoisotopic (exact) mass is 606 g/mol. The molecule has 13 nitrogen and oxygen atoms in total. The summed E-state index contributed by atoms with van der Waals surface area (Å²) in [6.07, 6.45) is -4.12. The molecule has 1 aliphatic heterocycles. The number of hydrogen-bond acceptors (Lipinski definition) is 11. The van der Waals surface area contributed by atoms with Crippen molar-refractivity contribution < 1.29 is 42.5 Å². The molecule has 1 aliphatic rings. The highest BCUT2D eigenvalue weighted by Gasteiger charge is 2.56. The van der Waals surface area contributed by atoms with Crippen molar-refractivity contribution in [3.05, 3.63) is 52.9 Å². The number of nitrogen functional groups attached to an aromatic ring is 1. The summed E-state index contributed by atoms with van der Waals surface area (Å²) in [5.41, 5.74) is 2.73. The molecule has 3 heterocycles. The minimum absolute atomic E-state index is 0.00561. The number of carbonyl (C=O) groups excluding carboxylic acids is 1. The van der Waals surface area contributed by atoms with Gasteiger partial charge in [-0.1, -0.05) is 37.0 Å². The maximum Gasteiger partial charge on any atom is 0.380 e. The van der Waals surface area contributed by atoms with Crippen LogP contribution in [0.4, 0.5) is 10.3 Å². The van der Waals surface area contributed by atoms with Crippen LogP contribution in [0, 0.1) is 17.8 Å². The van der Waals surface area contributed by atoms with E-state index in [-0.39, 0.29) is 28.9 Å². The maximum atomic E-state index is 13.9. The molecule has 0 saturated carbocycles. The molecule has 0 radical (unpaired) electrons. The number of anilines is 1. The van der Waals surface area contributed by atoms with Crippen LogP contribution >= 0.6 is 7.60 Å². The predicted octanol–water partition coefficient (Wildman–Crippen LogP) is 2.15. The van der Waals surface area contributed by atoms with E-state index >= 15 is 0 Å². The highest BCUT2D eigenvalue weighted by atomic mass is 31.2. The fraction of sp³-hybridized carbons (Fsp3) is 0.444. The van der Waals surface area contributed by atoms with Crippen LogP contribution < -0.4 is 15.8 Å². The van der Waals surface area contributed by atoms with Crippen LogP contribution in [0.25, 0.3) is 11.0 Å². The molecule has 0 aliphatic carbocycles. The number of aliphatic hydroxyl groups is 2. The molecule has 1 unspecified atom stereocenters. The Morgan fingerprint density at radius 2 is 2.02 bits per heavy atom. The number of esters is 1. The van der Waals surface area contributed by atoms with Gasteiger partial charge >= 0.3 is 13.6 Å². The number of aromatic amines is 1. The third-order valence-corrected chi connectivity index (χ3v) is 8.39. The van der Waals surface area contributed by atoms with Gasteiger partial charge < -0.3 is 34.5 Å². The number of fused-ring (bicyclic) bond motifs is 1. The van der Waals surface area contributed by atoms with Gasteiger partial charge in [-0.3, -0.25) is 19.1 Å². The fourth-order valence-electron chi connectivity index (χ4n) is 4.44. The van der Waals surface area contributed by atoms with Crippen molar-refractivity contribution in [3.63, 3.8) is 0 Å². The third kappa shape index (κ3) is 6.67. The Hall–Kier alpha value is -3.73. The van der Waals surface area contributed by atoms with Gasteiger partial charge in [-0.25, -0.2) is 8.96 Å². The molecule has 2 aromatic heterocycles. The van der Waals surface area contributed by atoms with E-state index in [1.54, 1.807) is 44.2 Å². The lowest BCUT2D eigenvalue weighted by Gasteiger charge is -2.27. The first-order chi connectivity index (χ1) is 19.9. The third-order valence-electron chi connectivity index (χ3n) is 6.37. The molecule has 0 amide bonds. The van der Waals surface area contributed by atoms with Crippen molar-refractivity contribution >= 4 is 30.5 Å². The SMILES string of the molecule is CC(C)OC(=O)[C@H](C)C[P@](=O)(OC[C@H]1O[C@@H](n2ccc3c(=O)[nH]c(N)nc32)C(O)(C#CCF)[C@H]1O)Oc1ccccc1. The van der Waals surface area contributed by atoms with Gasteiger partial charge in [0.25, 0.3) is 5.56 Å². The second kappa shape index (κ2) is 12.6. The molecule has 4 rings (SSSR count). The zero-order chi connectivity index (χ0) is 30.7. The van der Waals surface area contributed by atoms with Crippen LogP contribution in [0.2, 0.25) is 0 Å². The van der Waals surface area contributed by atoms with E-state index in [0.29, 0.717) is 0 Å². The standard InChI is InChI=1S/C27H32FN4O9P/c1-16(2)39-24(35)17(3)15-42(37,41-18-8-5-4-6-9-18)38-14-20-21(33)27(36,11-7-12-28)25(40-20)32-13-10-19-22(32)30-26(29)31-23(19)34/h4-6,8-10,13,16-17,20-21,25,33,36H,12,14-15H2,1-3H3,(H3,29,30,31,34)/t17-,20-,21+,25-,27?,42+/m1/s1. The number of aromatic nitrogens is 3. The van der Waals surface area contributed by atoms with Crippen LogP contribution in [-0.2, 0) is 23.4 Å². The zero-order valence-corrected chi connectivity index (χ0v) is 24.0. The first-order valence-electron chi connectivity index (χ1n) is 13.0. The van der Waals surface area contributed by atoms with Crippen LogP contribution in [0.5, 0.6) is 5.75 Å². The lowest BCUT2D eigenvalue weighted by molar-refractivity contribution is -0.151. The average molecular weight is 607 g/mol. The number of nitrogens with zero attached hydrogens (tertiary/aromatic N) is 2. The van der Waals surface area contributed by atoms with Crippen LogP contribution in [0.3, 0.4) is 0 Å². The summed E-state index contributed by atoms with van der Waals surface area (Å²) in [5, 5.41) is 22.7. The maximum absolute atomic E-state index is 13.9. The zero-order valence-electron chi connectivity index (χ0n) is 23.1. The molecule has 1 fully saturated rings. The number of benzene rings is 1. The summed E-state index contributed by atoms with van der Waals surface area (Å²) < 4.78 is 50.8. The van der Waals surface area contributed by atoms with Gasteiger partial charge in [-0.2, -0.15) is 4.98 Å². The molecule has 15 heteroatoms. The lowest BCUT2D eigenvalue weighted by atomic mass is 9.94. The normalized spacial score (nSPS) is 24.1. The van der Waals surface area contributed by atoms with Gasteiger partial charge in [0.2, 0.25) is 5.95 Å². The molecular weight excluding hydrogens is 574 g/mol. The Kier molecular flexibility index (Phi) is 9.40.